The van der Waals surface area contributed by atoms with Crippen LogP contribution in [0.3, 0.4) is 0 Å². The number of hydrogen-bond acceptors (Lipinski definition) is 3. The van der Waals surface area contributed by atoms with E-state index < -0.39 is 11.9 Å². The van der Waals surface area contributed by atoms with Gasteiger partial charge in [0, 0.05) is 19.5 Å². The van der Waals surface area contributed by atoms with Crippen molar-refractivity contribution in [1.29, 1.82) is 0 Å². The number of rotatable bonds is 5. The lowest BCUT2D eigenvalue weighted by molar-refractivity contribution is -0.125. The van der Waals surface area contributed by atoms with Gasteiger partial charge in [0.15, 0.2) is 0 Å². The van der Waals surface area contributed by atoms with Gasteiger partial charge in [-0.2, -0.15) is 0 Å². The van der Waals surface area contributed by atoms with E-state index in [0.717, 1.165) is 32.4 Å². The summed E-state index contributed by atoms with van der Waals surface area (Å²) in [5.41, 5.74) is 0.335. The number of carboxylic acid groups (broad SMARTS) is 2. The molecule has 22 heavy (non-hydrogen) atoms. The molecule has 1 aromatic carbocycles. The Labute approximate surface area is 129 Å². The smallest absolute Gasteiger partial charge is 0.335 e. The van der Waals surface area contributed by atoms with Crippen molar-refractivity contribution in [3.63, 3.8) is 0 Å². The number of carbonyl (C=O) groups excluding carboxylic acids is 1. The fourth-order valence-electron chi connectivity index (χ4n) is 1.88. The van der Waals surface area contributed by atoms with E-state index in [1.165, 1.54) is 25.1 Å². The number of nitrogens with zero attached hydrogens (tertiary/aromatic N) is 1. The van der Waals surface area contributed by atoms with E-state index in [1.807, 2.05) is 4.90 Å². The molecule has 1 heterocycles. The molecule has 0 atom stereocenters. The number of amides is 1. The van der Waals surface area contributed by atoms with Crippen molar-refractivity contribution in [3.05, 3.63) is 34.9 Å². The molecule has 1 saturated heterocycles. The van der Waals surface area contributed by atoms with Gasteiger partial charge in [0.2, 0.25) is 5.91 Å². The lowest BCUT2D eigenvalue weighted by atomic mass is 10.0. The summed E-state index contributed by atoms with van der Waals surface area (Å²) in [7, 11) is 0. The second kappa shape index (κ2) is 8.17. The van der Waals surface area contributed by atoms with E-state index >= 15 is 0 Å². The topological polar surface area (TPSA) is 94.7 Å². The summed E-state index contributed by atoms with van der Waals surface area (Å²) in [4.78, 5) is 34.0. The third kappa shape index (κ3) is 5.20. The largest absolute Gasteiger partial charge is 0.478 e. The quantitative estimate of drug-likeness (QED) is 0.815. The van der Waals surface area contributed by atoms with Crippen LogP contribution in [0.4, 0.5) is 0 Å². The normalized spacial score (nSPS) is 12.2. The van der Waals surface area contributed by atoms with E-state index in [4.69, 9.17) is 10.2 Å². The van der Waals surface area contributed by atoms with Crippen LogP contribution in [0, 0.1) is 6.92 Å². The molecule has 1 aliphatic heterocycles. The van der Waals surface area contributed by atoms with Crippen LogP contribution in [0.5, 0.6) is 0 Å². The van der Waals surface area contributed by atoms with Crippen LogP contribution < -0.4 is 0 Å². The summed E-state index contributed by atoms with van der Waals surface area (Å²) in [6.45, 7) is 5.59. The number of aromatic carboxylic acids is 2. The highest BCUT2D eigenvalue weighted by molar-refractivity contribution is 5.96. The maximum absolute atomic E-state index is 10.9. The highest BCUT2D eigenvalue weighted by Gasteiger charge is 2.22. The Morgan fingerprint density at radius 2 is 1.59 bits per heavy atom. The van der Waals surface area contributed by atoms with Crippen LogP contribution in [0.25, 0.3) is 0 Å². The van der Waals surface area contributed by atoms with Gasteiger partial charge in [-0.05, 0) is 31.0 Å². The lowest BCUT2D eigenvalue weighted by Crippen LogP contribution is -2.08. The summed E-state index contributed by atoms with van der Waals surface area (Å²) < 4.78 is 0. The summed E-state index contributed by atoms with van der Waals surface area (Å²) >= 11 is 0. The van der Waals surface area contributed by atoms with Gasteiger partial charge in [-0.15, -0.1) is 0 Å². The van der Waals surface area contributed by atoms with Gasteiger partial charge in [-0.3, -0.25) is 4.79 Å². The molecule has 2 N–H and O–H groups in total. The number of unbranched alkanes of at least 4 members (excludes halogenated alkanes) is 1. The van der Waals surface area contributed by atoms with E-state index in [1.54, 1.807) is 0 Å². The van der Waals surface area contributed by atoms with Crippen LogP contribution in [-0.4, -0.2) is 46.0 Å². The molecule has 1 aliphatic rings. The molecule has 0 unspecified atom stereocenters. The molecule has 0 bridgehead atoms. The molecular formula is C16H21NO5. The van der Waals surface area contributed by atoms with Crippen LogP contribution in [0.2, 0.25) is 0 Å². The van der Waals surface area contributed by atoms with Crippen molar-refractivity contribution in [2.24, 2.45) is 0 Å². The molecule has 120 valence electrons. The average Bonchev–Trinajstić information content (AvgIpc) is 3.29. The first-order valence-corrected chi connectivity index (χ1v) is 7.22. The highest BCUT2D eigenvalue weighted by atomic mass is 16.4. The van der Waals surface area contributed by atoms with Gasteiger partial charge in [0.1, 0.15) is 0 Å². The molecule has 0 radical (unpaired) electrons. The minimum Gasteiger partial charge on any atom is -0.478 e. The van der Waals surface area contributed by atoms with Gasteiger partial charge >= 0.3 is 11.9 Å². The summed E-state index contributed by atoms with van der Waals surface area (Å²) in [6, 6.07) is 4.17. The SMILES string of the molecule is CCCCC(=O)N1CC1.Cc1c(C(=O)O)cccc1C(=O)O. The van der Waals surface area contributed by atoms with Gasteiger partial charge < -0.3 is 15.1 Å². The Morgan fingerprint density at radius 3 is 1.95 bits per heavy atom. The molecule has 0 aromatic heterocycles. The van der Waals surface area contributed by atoms with Crippen LogP contribution in [0.1, 0.15) is 52.5 Å². The Bertz CT molecular complexity index is 531. The molecule has 1 aromatic rings. The van der Waals surface area contributed by atoms with E-state index in [9.17, 15) is 14.4 Å². The van der Waals surface area contributed by atoms with E-state index in [2.05, 4.69) is 6.92 Å². The Morgan fingerprint density at radius 1 is 1.09 bits per heavy atom. The Balaban J connectivity index is 0.000000235. The predicted octanol–water partition coefficient (Wildman–Crippen LogP) is 2.41. The molecule has 0 aliphatic carbocycles. The molecule has 6 nitrogen and oxygen atoms in total. The van der Waals surface area contributed by atoms with Crippen molar-refractivity contribution < 1.29 is 24.6 Å². The maximum Gasteiger partial charge on any atom is 0.335 e. The molecule has 0 saturated carbocycles. The molecule has 1 amide bonds. The molecule has 1 fully saturated rings. The van der Waals surface area contributed by atoms with E-state index in [0.29, 0.717) is 5.91 Å². The molecular weight excluding hydrogens is 286 g/mol. The second-order valence-electron chi connectivity index (χ2n) is 5.07. The maximum atomic E-state index is 10.9. The van der Waals surface area contributed by atoms with Gasteiger partial charge in [-0.25, -0.2) is 9.59 Å². The van der Waals surface area contributed by atoms with Gasteiger partial charge in [0.25, 0.3) is 0 Å². The first-order chi connectivity index (χ1) is 10.4. The third-order valence-corrected chi connectivity index (χ3v) is 3.34. The lowest BCUT2D eigenvalue weighted by Gasteiger charge is -2.03. The Hall–Kier alpha value is -2.37. The monoisotopic (exact) mass is 307 g/mol. The number of benzene rings is 1. The Kier molecular flexibility index (Phi) is 6.56. The van der Waals surface area contributed by atoms with Crippen LogP contribution in [-0.2, 0) is 4.79 Å². The van der Waals surface area contributed by atoms with Crippen molar-refractivity contribution in [3.8, 4) is 0 Å². The first kappa shape index (κ1) is 17.7. The molecule has 6 heteroatoms. The van der Waals surface area contributed by atoms with Gasteiger partial charge in [-0.1, -0.05) is 19.4 Å². The van der Waals surface area contributed by atoms with Crippen LogP contribution >= 0.6 is 0 Å². The summed E-state index contributed by atoms with van der Waals surface area (Å²) in [5.74, 6) is -1.88. The number of carbonyl (C=O) groups is 3. The van der Waals surface area contributed by atoms with Gasteiger partial charge in [0.05, 0.1) is 11.1 Å². The number of carboxylic acids is 2. The third-order valence-electron chi connectivity index (χ3n) is 3.34. The minimum atomic E-state index is -1.11. The number of hydrogen-bond donors (Lipinski definition) is 2. The minimum absolute atomic E-state index is 0.0277. The summed E-state index contributed by atoms with van der Waals surface area (Å²) in [6.07, 6.45) is 2.94. The molecule has 2 rings (SSSR count). The van der Waals surface area contributed by atoms with Crippen molar-refractivity contribution >= 4 is 17.8 Å². The highest BCUT2D eigenvalue weighted by Crippen LogP contribution is 2.13. The van der Waals surface area contributed by atoms with E-state index in [-0.39, 0.29) is 16.7 Å². The fraction of sp³-hybridized carbons (Fsp3) is 0.438. The standard InChI is InChI=1S/C9H8O4.C7H13NO/c1-5-6(8(10)11)3-2-4-7(5)9(12)13;1-2-3-4-7(9)8-5-6-8/h2-4H,1H3,(H,10,11)(H,12,13);2-6H2,1H3. The van der Waals surface area contributed by atoms with Crippen LogP contribution in [0.15, 0.2) is 18.2 Å². The zero-order valence-corrected chi connectivity index (χ0v) is 12.8. The zero-order valence-electron chi connectivity index (χ0n) is 12.8. The average molecular weight is 307 g/mol. The second-order valence-corrected chi connectivity index (χ2v) is 5.07. The summed E-state index contributed by atoms with van der Waals surface area (Å²) in [5, 5.41) is 17.4. The van der Waals surface area contributed by atoms with Crippen molar-refractivity contribution in [1.82, 2.24) is 4.90 Å². The first-order valence-electron chi connectivity index (χ1n) is 7.22. The van der Waals surface area contributed by atoms with Crippen molar-refractivity contribution in [2.75, 3.05) is 13.1 Å². The molecule has 0 spiro atoms. The zero-order chi connectivity index (χ0) is 16.7. The fourth-order valence-corrected chi connectivity index (χ4v) is 1.88. The van der Waals surface area contributed by atoms with Crippen molar-refractivity contribution in [2.45, 2.75) is 33.1 Å². The predicted molar refractivity (Wildman–Crippen MR) is 81.2 cm³/mol.